The highest BCUT2D eigenvalue weighted by molar-refractivity contribution is 7.99. The Balaban J connectivity index is 1.91. The van der Waals surface area contributed by atoms with Gasteiger partial charge in [-0.2, -0.15) is 16.7 Å². The molecule has 1 unspecified atom stereocenters. The summed E-state index contributed by atoms with van der Waals surface area (Å²) in [6.07, 6.45) is 0. The third-order valence-corrected chi connectivity index (χ3v) is 4.58. The molecule has 0 aliphatic carbocycles. The Kier molecular flexibility index (Phi) is 3.87. The van der Waals surface area contributed by atoms with E-state index in [1.165, 1.54) is 6.07 Å². The highest BCUT2D eigenvalue weighted by Gasteiger charge is 2.26. The molecule has 1 atom stereocenters. The summed E-state index contributed by atoms with van der Waals surface area (Å²) >= 11 is 7.81. The average Bonchev–Trinajstić information content (AvgIpc) is 2.91. The zero-order valence-corrected chi connectivity index (χ0v) is 12.5. The van der Waals surface area contributed by atoms with E-state index in [9.17, 15) is 5.11 Å². The van der Waals surface area contributed by atoms with E-state index < -0.39 is 0 Å². The Bertz CT molecular complexity index is 619. The van der Waals surface area contributed by atoms with Crippen LogP contribution in [0.4, 0.5) is 0 Å². The molecule has 0 amide bonds. The molecule has 3 rings (SSSR count). The second-order valence-corrected chi connectivity index (χ2v) is 6.28. The molecule has 7 heteroatoms. The summed E-state index contributed by atoms with van der Waals surface area (Å²) in [5.41, 5.74) is 0.461. The standard InChI is InChI=1S/C13H14ClN3O2S/c1-17-4-5-20-7-10(17)12-15-13(19-16-12)9-6-8(14)2-3-11(9)18/h2-3,6,10,18H,4-5,7H2,1H3. The van der Waals surface area contributed by atoms with E-state index in [0.29, 0.717) is 22.3 Å². The van der Waals surface area contributed by atoms with Crippen LogP contribution >= 0.6 is 23.4 Å². The van der Waals surface area contributed by atoms with Gasteiger partial charge >= 0.3 is 0 Å². The van der Waals surface area contributed by atoms with E-state index in [1.807, 2.05) is 11.8 Å². The first-order valence-corrected chi connectivity index (χ1v) is 7.79. The number of halogens is 1. The van der Waals surface area contributed by atoms with Gasteiger partial charge in [0.15, 0.2) is 5.82 Å². The fourth-order valence-electron chi connectivity index (χ4n) is 2.12. The Labute approximate surface area is 125 Å². The SMILES string of the molecule is CN1CCSCC1c1noc(-c2cc(Cl)ccc2O)n1. The summed E-state index contributed by atoms with van der Waals surface area (Å²) in [6.45, 7) is 1.00. The van der Waals surface area contributed by atoms with Gasteiger partial charge in [-0.1, -0.05) is 16.8 Å². The maximum Gasteiger partial charge on any atom is 0.261 e. The van der Waals surface area contributed by atoms with Crippen molar-refractivity contribution in [2.24, 2.45) is 0 Å². The molecular weight excluding hydrogens is 298 g/mol. The van der Waals surface area contributed by atoms with Crippen LogP contribution in [0.1, 0.15) is 11.9 Å². The lowest BCUT2D eigenvalue weighted by atomic mass is 10.2. The van der Waals surface area contributed by atoms with E-state index in [0.717, 1.165) is 18.1 Å². The smallest absolute Gasteiger partial charge is 0.261 e. The van der Waals surface area contributed by atoms with Gasteiger partial charge in [0.25, 0.3) is 5.89 Å². The molecule has 1 aromatic carbocycles. The third kappa shape index (κ3) is 2.63. The predicted molar refractivity (Wildman–Crippen MR) is 79.1 cm³/mol. The van der Waals surface area contributed by atoms with Gasteiger partial charge in [0.1, 0.15) is 5.75 Å². The van der Waals surface area contributed by atoms with Gasteiger partial charge in [-0.3, -0.25) is 4.90 Å². The zero-order chi connectivity index (χ0) is 14.1. The fraction of sp³-hybridized carbons (Fsp3) is 0.385. The number of aromatic hydroxyl groups is 1. The number of benzene rings is 1. The summed E-state index contributed by atoms with van der Waals surface area (Å²) in [7, 11) is 2.05. The Morgan fingerprint density at radius 2 is 2.35 bits per heavy atom. The van der Waals surface area contributed by atoms with Crippen LogP contribution in [0.25, 0.3) is 11.5 Å². The number of hydrogen-bond acceptors (Lipinski definition) is 6. The highest BCUT2D eigenvalue weighted by Crippen LogP contribution is 2.32. The number of phenols is 1. The van der Waals surface area contributed by atoms with Crippen LogP contribution in [-0.4, -0.2) is 45.2 Å². The first-order chi connectivity index (χ1) is 9.65. The lowest BCUT2D eigenvalue weighted by Crippen LogP contribution is -2.33. The molecule has 1 N–H and O–H groups in total. The van der Waals surface area contributed by atoms with Crippen LogP contribution in [0.2, 0.25) is 5.02 Å². The van der Waals surface area contributed by atoms with E-state index in [-0.39, 0.29) is 11.8 Å². The first kappa shape index (κ1) is 13.7. The maximum atomic E-state index is 9.86. The van der Waals surface area contributed by atoms with Gasteiger partial charge < -0.3 is 9.63 Å². The van der Waals surface area contributed by atoms with Crippen LogP contribution in [0, 0.1) is 0 Å². The molecule has 106 valence electrons. The molecule has 1 aromatic heterocycles. The average molecular weight is 312 g/mol. The Hall–Kier alpha value is -1.24. The molecule has 1 aliphatic rings. The van der Waals surface area contributed by atoms with Crippen molar-refractivity contribution in [1.82, 2.24) is 15.0 Å². The molecule has 20 heavy (non-hydrogen) atoms. The van der Waals surface area contributed by atoms with Crippen LogP contribution in [0.5, 0.6) is 5.75 Å². The molecule has 1 saturated heterocycles. The van der Waals surface area contributed by atoms with Crippen molar-refractivity contribution in [1.29, 1.82) is 0 Å². The topological polar surface area (TPSA) is 62.4 Å². The molecular formula is C13H14ClN3O2S. The number of phenolic OH excluding ortho intramolecular Hbond substituents is 1. The predicted octanol–water partition coefficient (Wildman–Crippen LogP) is 2.82. The zero-order valence-electron chi connectivity index (χ0n) is 10.9. The summed E-state index contributed by atoms with van der Waals surface area (Å²) in [6, 6.07) is 4.90. The first-order valence-electron chi connectivity index (χ1n) is 6.25. The van der Waals surface area contributed by atoms with Crippen molar-refractivity contribution < 1.29 is 9.63 Å². The maximum absolute atomic E-state index is 9.86. The van der Waals surface area contributed by atoms with E-state index in [1.54, 1.807) is 12.1 Å². The van der Waals surface area contributed by atoms with Crippen molar-refractivity contribution in [3.05, 3.63) is 29.0 Å². The lowest BCUT2D eigenvalue weighted by molar-refractivity contribution is 0.257. The molecule has 2 heterocycles. The van der Waals surface area contributed by atoms with Crippen molar-refractivity contribution in [3.8, 4) is 17.2 Å². The molecule has 0 bridgehead atoms. The summed E-state index contributed by atoms with van der Waals surface area (Å²) in [5.74, 6) is 3.08. The van der Waals surface area contributed by atoms with Gasteiger partial charge in [0.2, 0.25) is 0 Å². The van der Waals surface area contributed by atoms with Crippen molar-refractivity contribution in [2.45, 2.75) is 6.04 Å². The van der Waals surface area contributed by atoms with Crippen molar-refractivity contribution in [3.63, 3.8) is 0 Å². The largest absolute Gasteiger partial charge is 0.507 e. The van der Waals surface area contributed by atoms with Crippen molar-refractivity contribution >= 4 is 23.4 Å². The molecule has 0 spiro atoms. The van der Waals surface area contributed by atoms with E-state index >= 15 is 0 Å². The Morgan fingerprint density at radius 1 is 1.50 bits per heavy atom. The number of nitrogens with zero attached hydrogens (tertiary/aromatic N) is 3. The lowest BCUT2D eigenvalue weighted by Gasteiger charge is -2.29. The molecule has 5 nitrogen and oxygen atoms in total. The highest BCUT2D eigenvalue weighted by atomic mass is 35.5. The number of thioether (sulfide) groups is 1. The van der Waals surface area contributed by atoms with Gasteiger partial charge in [0, 0.05) is 23.1 Å². The van der Waals surface area contributed by atoms with Gasteiger partial charge in [-0.25, -0.2) is 0 Å². The minimum absolute atomic E-state index is 0.0796. The second-order valence-electron chi connectivity index (χ2n) is 4.69. The Morgan fingerprint density at radius 3 is 3.15 bits per heavy atom. The van der Waals surface area contributed by atoms with Crippen LogP contribution in [0.15, 0.2) is 22.7 Å². The van der Waals surface area contributed by atoms with Crippen LogP contribution < -0.4 is 0 Å². The van der Waals surface area contributed by atoms with Crippen LogP contribution in [0.3, 0.4) is 0 Å². The minimum atomic E-state index is 0.0796. The number of hydrogen-bond donors (Lipinski definition) is 1. The van der Waals surface area contributed by atoms with Crippen LogP contribution in [-0.2, 0) is 0 Å². The fourth-order valence-corrected chi connectivity index (χ4v) is 3.50. The molecule has 2 aromatic rings. The minimum Gasteiger partial charge on any atom is -0.507 e. The number of aromatic nitrogens is 2. The van der Waals surface area contributed by atoms with Gasteiger partial charge in [0.05, 0.1) is 11.6 Å². The van der Waals surface area contributed by atoms with Gasteiger partial charge in [-0.05, 0) is 25.2 Å². The monoisotopic (exact) mass is 311 g/mol. The van der Waals surface area contributed by atoms with Crippen molar-refractivity contribution in [2.75, 3.05) is 25.1 Å². The second kappa shape index (κ2) is 5.63. The molecule has 1 aliphatic heterocycles. The quantitative estimate of drug-likeness (QED) is 0.920. The normalized spacial score (nSPS) is 20.2. The van der Waals surface area contributed by atoms with Gasteiger partial charge in [-0.15, -0.1) is 0 Å². The molecule has 1 fully saturated rings. The summed E-state index contributed by atoms with van der Waals surface area (Å²) in [5, 5.41) is 14.4. The summed E-state index contributed by atoms with van der Waals surface area (Å²) in [4.78, 5) is 6.62. The number of rotatable bonds is 2. The molecule has 0 radical (unpaired) electrons. The van der Waals surface area contributed by atoms with E-state index in [4.69, 9.17) is 16.1 Å². The molecule has 0 saturated carbocycles. The van der Waals surface area contributed by atoms with E-state index in [2.05, 4.69) is 22.1 Å². The third-order valence-electron chi connectivity index (χ3n) is 3.32. The summed E-state index contributed by atoms with van der Waals surface area (Å²) < 4.78 is 5.27.